The average molecular weight is 421 g/mol. The Bertz CT molecular complexity index is 981. The van der Waals surface area contributed by atoms with E-state index in [0.29, 0.717) is 12.2 Å². The summed E-state index contributed by atoms with van der Waals surface area (Å²) in [5.74, 6) is -1.21. The molecule has 0 spiro atoms. The summed E-state index contributed by atoms with van der Waals surface area (Å²) >= 11 is 0. The number of rotatable bonds is 5. The first-order valence-electron chi connectivity index (χ1n) is 11.2. The Morgan fingerprint density at radius 3 is 2.55 bits per heavy atom. The largest absolute Gasteiger partial charge is 0.374 e. The van der Waals surface area contributed by atoms with E-state index in [4.69, 9.17) is 0 Å². The second-order valence-electron chi connectivity index (χ2n) is 8.80. The Hall–Kier alpha value is -2.86. The Balaban J connectivity index is 1.45. The van der Waals surface area contributed by atoms with Gasteiger partial charge in [0.05, 0.1) is 6.04 Å². The summed E-state index contributed by atoms with van der Waals surface area (Å²) in [5.41, 5.74) is 6.52. The van der Waals surface area contributed by atoms with Crippen molar-refractivity contribution in [1.29, 1.82) is 0 Å². The van der Waals surface area contributed by atoms with Crippen molar-refractivity contribution in [3.05, 3.63) is 58.7 Å². The van der Waals surface area contributed by atoms with Crippen molar-refractivity contribution in [3.63, 3.8) is 0 Å². The maximum absolute atomic E-state index is 12.6. The molecule has 2 heterocycles. The number of likely N-dealkylation sites (tertiary alicyclic amines) is 1. The highest BCUT2D eigenvalue weighted by Gasteiger charge is 2.27. The van der Waals surface area contributed by atoms with Crippen LogP contribution >= 0.6 is 0 Å². The van der Waals surface area contributed by atoms with Crippen molar-refractivity contribution < 1.29 is 9.59 Å². The van der Waals surface area contributed by atoms with Crippen LogP contribution in [0.1, 0.15) is 41.1 Å². The number of carbonyl (C=O) groups excluding carboxylic acids is 2. The Labute approximate surface area is 184 Å². The highest BCUT2D eigenvalue weighted by molar-refractivity contribution is 6.39. The summed E-state index contributed by atoms with van der Waals surface area (Å²) < 4.78 is 0. The maximum Gasteiger partial charge on any atom is 0.313 e. The monoisotopic (exact) mass is 420 g/mol. The molecule has 6 heteroatoms. The van der Waals surface area contributed by atoms with E-state index in [0.717, 1.165) is 37.2 Å². The van der Waals surface area contributed by atoms with Crippen molar-refractivity contribution in [2.75, 3.05) is 43.4 Å². The minimum absolute atomic E-state index is 0.0798. The number of aryl methyl sites for hydroxylation is 2. The summed E-state index contributed by atoms with van der Waals surface area (Å²) in [6, 6.07) is 12.5. The predicted octanol–water partition coefficient (Wildman–Crippen LogP) is 3.19. The fourth-order valence-electron chi connectivity index (χ4n) is 4.62. The number of hydrogen-bond acceptors (Lipinski definition) is 4. The van der Waals surface area contributed by atoms with Crippen LogP contribution in [0, 0.1) is 13.8 Å². The van der Waals surface area contributed by atoms with E-state index in [1.807, 2.05) is 32.0 Å². The number of fused-ring (bicyclic) bond motifs is 1. The Kier molecular flexibility index (Phi) is 6.28. The summed E-state index contributed by atoms with van der Waals surface area (Å²) in [6.45, 7) is 7.39. The summed E-state index contributed by atoms with van der Waals surface area (Å²) in [7, 11) is 2.12. The lowest BCUT2D eigenvalue weighted by molar-refractivity contribution is -0.136. The molecule has 0 radical (unpaired) electrons. The van der Waals surface area contributed by atoms with Gasteiger partial charge in [-0.2, -0.15) is 0 Å². The fourth-order valence-corrected chi connectivity index (χ4v) is 4.62. The van der Waals surface area contributed by atoms with Gasteiger partial charge in [0.2, 0.25) is 0 Å². The minimum atomic E-state index is -0.621. The van der Waals surface area contributed by atoms with Crippen LogP contribution in [-0.4, -0.2) is 49.9 Å². The van der Waals surface area contributed by atoms with Crippen molar-refractivity contribution in [1.82, 2.24) is 10.2 Å². The molecule has 4 rings (SSSR count). The molecule has 1 atom stereocenters. The molecular weight excluding hydrogens is 388 g/mol. The van der Waals surface area contributed by atoms with E-state index in [1.54, 1.807) is 0 Å². The topological polar surface area (TPSA) is 64.7 Å². The molecule has 2 amide bonds. The van der Waals surface area contributed by atoms with Crippen LogP contribution in [-0.2, 0) is 16.0 Å². The molecule has 2 aliphatic heterocycles. The highest BCUT2D eigenvalue weighted by Crippen LogP contribution is 2.32. The van der Waals surface area contributed by atoms with Gasteiger partial charge in [0.1, 0.15) is 0 Å². The SMILES string of the molecule is Cc1ccc(C)c(NC(=O)C(=O)NCC(c2ccc3c(c2)CCN3C)N2CCCC2)c1. The van der Waals surface area contributed by atoms with Crippen LogP contribution in [0.5, 0.6) is 0 Å². The van der Waals surface area contributed by atoms with Crippen molar-refractivity contribution >= 4 is 23.2 Å². The minimum Gasteiger partial charge on any atom is -0.374 e. The number of anilines is 2. The van der Waals surface area contributed by atoms with Crippen LogP contribution < -0.4 is 15.5 Å². The molecule has 164 valence electrons. The average Bonchev–Trinajstić information content (AvgIpc) is 3.41. The number of benzene rings is 2. The molecule has 1 saturated heterocycles. The zero-order valence-electron chi connectivity index (χ0n) is 18.7. The third-order valence-electron chi connectivity index (χ3n) is 6.50. The molecule has 0 saturated carbocycles. The van der Waals surface area contributed by atoms with E-state index in [2.05, 4.69) is 45.7 Å². The number of hydrogen-bond donors (Lipinski definition) is 2. The van der Waals surface area contributed by atoms with Crippen molar-refractivity contribution in [2.24, 2.45) is 0 Å². The van der Waals surface area contributed by atoms with Crippen LogP contribution in [0.3, 0.4) is 0 Å². The lowest BCUT2D eigenvalue weighted by Crippen LogP contribution is -2.41. The summed E-state index contributed by atoms with van der Waals surface area (Å²) in [4.78, 5) is 29.8. The Morgan fingerprint density at radius 1 is 1.00 bits per heavy atom. The van der Waals surface area contributed by atoms with Crippen LogP contribution in [0.25, 0.3) is 0 Å². The van der Waals surface area contributed by atoms with E-state index < -0.39 is 11.8 Å². The summed E-state index contributed by atoms with van der Waals surface area (Å²) in [6.07, 6.45) is 3.40. The number of carbonyl (C=O) groups is 2. The van der Waals surface area contributed by atoms with Gasteiger partial charge in [-0.05, 0) is 80.6 Å². The molecule has 0 aromatic heterocycles. The van der Waals surface area contributed by atoms with E-state index in [-0.39, 0.29) is 6.04 Å². The lowest BCUT2D eigenvalue weighted by atomic mass is 10.0. The third kappa shape index (κ3) is 4.74. The molecule has 2 N–H and O–H groups in total. The molecule has 2 aromatic carbocycles. The first kappa shape index (κ1) is 21.4. The molecule has 2 aliphatic rings. The molecule has 6 nitrogen and oxygen atoms in total. The molecule has 0 aliphatic carbocycles. The van der Waals surface area contributed by atoms with Gasteiger partial charge in [0.25, 0.3) is 0 Å². The van der Waals surface area contributed by atoms with Gasteiger partial charge in [0, 0.05) is 31.5 Å². The van der Waals surface area contributed by atoms with E-state index in [1.165, 1.54) is 29.7 Å². The summed E-state index contributed by atoms with van der Waals surface area (Å²) in [5, 5.41) is 5.64. The van der Waals surface area contributed by atoms with Crippen molar-refractivity contribution in [3.8, 4) is 0 Å². The van der Waals surface area contributed by atoms with Crippen LogP contribution in [0.4, 0.5) is 11.4 Å². The number of likely N-dealkylation sites (N-methyl/N-ethyl adjacent to an activating group) is 1. The fraction of sp³-hybridized carbons (Fsp3) is 0.440. The number of nitrogens with one attached hydrogen (secondary N) is 2. The highest BCUT2D eigenvalue weighted by atomic mass is 16.2. The van der Waals surface area contributed by atoms with Gasteiger partial charge in [-0.3, -0.25) is 14.5 Å². The molecule has 2 aromatic rings. The predicted molar refractivity (Wildman–Crippen MR) is 125 cm³/mol. The van der Waals surface area contributed by atoms with E-state index in [9.17, 15) is 9.59 Å². The second-order valence-corrected chi connectivity index (χ2v) is 8.80. The molecule has 1 fully saturated rings. The molecular formula is C25H32N4O2. The van der Waals surface area contributed by atoms with Gasteiger partial charge < -0.3 is 15.5 Å². The van der Waals surface area contributed by atoms with Crippen molar-refractivity contribution in [2.45, 2.75) is 39.2 Å². The zero-order valence-corrected chi connectivity index (χ0v) is 18.7. The van der Waals surface area contributed by atoms with Crippen LogP contribution in [0.2, 0.25) is 0 Å². The first-order chi connectivity index (χ1) is 14.9. The van der Waals surface area contributed by atoms with Gasteiger partial charge in [-0.25, -0.2) is 0 Å². The zero-order chi connectivity index (χ0) is 22.0. The number of amides is 2. The molecule has 1 unspecified atom stereocenters. The van der Waals surface area contributed by atoms with Gasteiger partial charge in [-0.15, -0.1) is 0 Å². The first-order valence-corrected chi connectivity index (χ1v) is 11.2. The van der Waals surface area contributed by atoms with Gasteiger partial charge >= 0.3 is 11.8 Å². The second kappa shape index (κ2) is 9.10. The maximum atomic E-state index is 12.6. The molecule has 31 heavy (non-hydrogen) atoms. The smallest absolute Gasteiger partial charge is 0.313 e. The number of nitrogens with zero attached hydrogens (tertiary/aromatic N) is 2. The normalized spacial score (nSPS) is 16.8. The van der Waals surface area contributed by atoms with Crippen LogP contribution in [0.15, 0.2) is 36.4 Å². The standard InChI is InChI=1S/C25H32N4O2/c1-17-6-7-18(2)21(14-17)27-25(31)24(30)26-16-23(29-11-4-5-12-29)19-8-9-22-20(15-19)10-13-28(22)3/h6-9,14-15,23H,4-5,10-13,16H2,1-3H3,(H,26,30)(H,27,31). The lowest BCUT2D eigenvalue weighted by Gasteiger charge is -2.28. The quantitative estimate of drug-likeness (QED) is 0.730. The van der Waals surface area contributed by atoms with Gasteiger partial charge in [-0.1, -0.05) is 24.3 Å². The Morgan fingerprint density at radius 2 is 1.77 bits per heavy atom. The molecule has 0 bridgehead atoms. The van der Waals surface area contributed by atoms with E-state index >= 15 is 0 Å². The third-order valence-corrected chi connectivity index (χ3v) is 6.50. The van der Waals surface area contributed by atoms with Gasteiger partial charge in [0.15, 0.2) is 0 Å².